The minimum absolute atomic E-state index is 0. The third-order valence-corrected chi connectivity index (χ3v) is 2.65. The lowest BCUT2D eigenvalue weighted by atomic mass is 10.0. The maximum absolute atomic E-state index is 4.07. The number of hydrogen-bond donors (Lipinski definition) is 2. The Hall–Kier alpha value is -0.780. The standard InChI is InChI=1S/C13H21N3.HI/c1-10-5-6-12(11(2)9-10)7-8-16-13(14-3)15-4;/h5-6,9H,7-8H2,1-4H3,(H2,14,15,16);1H. The molecule has 0 bridgehead atoms. The zero-order valence-electron chi connectivity index (χ0n) is 11.0. The normalized spacial score (nSPS) is 10.7. The van der Waals surface area contributed by atoms with E-state index in [2.05, 4.69) is 47.7 Å². The van der Waals surface area contributed by atoms with Gasteiger partial charge in [0.15, 0.2) is 5.96 Å². The van der Waals surface area contributed by atoms with Crippen LogP contribution in [0.5, 0.6) is 0 Å². The van der Waals surface area contributed by atoms with Gasteiger partial charge >= 0.3 is 0 Å². The van der Waals surface area contributed by atoms with E-state index in [1.165, 1.54) is 16.7 Å². The van der Waals surface area contributed by atoms with Gasteiger partial charge in [-0.2, -0.15) is 0 Å². The minimum Gasteiger partial charge on any atom is -0.359 e. The van der Waals surface area contributed by atoms with Gasteiger partial charge in [0, 0.05) is 20.6 Å². The first-order valence-corrected chi connectivity index (χ1v) is 5.62. The van der Waals surface area contributed by atoms with Crippen LogP contribution >= 0.6 is 24.0 Å². The molecule has 17 heavy (non-hydrogen) atoms. The monoisotopic (exact) mass is 347 g/mol. The second-order valence-electron chi connectivity index (χ2n) is 3.93. The molecule has 0 aliphatic rings. The van der Waals surface area contributed by atoms with Crippen molar-refractivity contribution >= 4 is 29.9 Å². The molecule has 0 fully saturated rings. The van der Waals surface area contributed by atoms with Crippen LogP contribution in [0.1, 0.15) is 16.7 Å². The molecule has 0 aromatic heterocycles. The molecule has 3 nitrogen and oxygen atoms in total. The highest BCUT2D eigenvalue weighted by Crippen LogP contribution is 2.10. The third-order valence-electron chi connectivity index (χ3n) is 2.65. The van der Waals surface area contributed by atoms with Crippen LogP contribution in [0.3, 0.4) is 0 Å². The van der Waals surface area contributed by atoms with Crippen LogP contribution in [-0.4, -0.2) is 26.6 Å². The molecule has 96 valence electrons. The smallest absolute Gasteiger partial charge is 0.190 e. The Bertz CT molecular complexity index is 375. The molecule has 1 aromatic rings. The van der Waals surface area contributed by atoms with E-state index >= 15 is 0 Å². The van der Waals surface area contributed by atoms with Crippen LogP contribution < -0.4 is 10.6 Å². The molecule has 1 rings (SSSR count). The second-order valence-corrected chi connectivity index (χ2v) is 3.93. The van der Waals surface area contributed by atoms with Gasteiger partial charge < -0.3 is 10.6 Å². The Morgan fingerprint density at radius 3 is 2.53 bits per heavy atom. The van der Waals surface area contributed by atoms with Crippen molar-refractivity contribution in [2.75, 3.05) is 20.6 Å². The van der Waals surface area contributed by atoms with Crippen molar-refractivity contribution in [3.05, 3.63) is 34.9 Å². The van der Waals surface area contributed by atoms with Crippen LogP contribution in [0.15, 0.2) is 23.2 Å². The Balaban J connectivity index is 0.00000256. The molecule has 0 spiro atoms. The molecule has 0 saturated carbocycles. The molecule has 2 N–H and O–H groups in total. The highest BCUT2D eigenvalue weighted by molar-refractivity contribution is 14.0. The average Bonchev–Trinajstić information content (AvgIpc) is 2.27. The van der Waals surface area contributed by atoms with Crippen LogP contribution in [0, 0.1) is 13.8 Å². The second kappa shape index (κ2) is 8.33. The summed E-state index contributed by atoms with van der Waals surface area (Å²) in [5.74, 6) is 0.838. The van der Waals surface area contributed by atoms with Crippen molar-refractivity contribution in [1.29, 1.82) is 0 Å². The van der Waals surface area contributed by atoms with Crippen LogP contribution in [0.2, 0.25) is 0 Å². The zero-order chi connectivity index (χ0) is 12.0. The lowest BCUT2D eigenvalue weighted by Gasteiger charge is -2.10. The largest absolute Gasteiger partial charge is 0.359 e. The first-order chi connectivity index (χ1) is 7.67. The van der Waals surface area contributed by atoms with Crippen molar-refractivity contribution in [1.82, 2.24) is 10.6 Å². The van der Waals surface area contributed by atoms with E-state index in [4.69, 9.17) is 0 Å². The van der Waals surface area contributed by atoms with E-state index in [-0.39, 0.29) is 24.0 Å². The Morgan fingerprint density at radius 2 is 2.00 bits per heavy atom. The highest BCUT2D eigenvalue weighted by atomic mass is 127. The Labute approximate surface area is 121 Å². The van der Waals surface area contributed by atoms with Gasteiger partial charge in [-0.1, -0.05) is 23.8 Å². The lowest BCUT2D eigenvalue weighted by Crippen LogP contribution is -2.35. The average molecular weight is 347 g/mol. The summed E-state index contributed by atoms with van der Waals surface area (Å²) in [6.45, 7) is 5.19. The number of rotatable bonds is 3. The van der Waals surface area contributed by atoms with E-state index in [9.17, 15) is 0 Å². The van der Waals surface area contributed by atoms with Crippen molar-refractivity contribution in [3.63, 3.8) is 0 Å². The number of aliphatic imine (C=N–C) groups is 1. The summed E-state index contributed by atoms with van der Waals surface area (Å²) in [4.78, 5) is 4.07. The predicted molar refractivity (Wildman–Crippen MR) is 85.5 cm³/mol. The lowest BCUT2D eigenvalue weighted by molar-refractivity contribution is 0.830. The van der Waals surface area contributed by atoms with E-state index in [1.807, 2.05) is 7.05 Å². The Kier molecular flexibility index (Phi) is 7.95. The van der Waals surface area contributed by atoms with Gasteiger partial charge in [0.1, 0.15) is 0 Å². The molecule has 1 aromatic carbocycles. The van der Waals surface area contributed by atoms with Gasteiger partial charge in [-0.25, -0.2) is 0 Å². The van der Waals surface area contributed by atoms with Gasteiger partial charge in [-0.05, 0) is 31.4 Å². The Morgan fingerprint density at radius 1 is 1.29 bits per heavy atom. The van der Waals surface area contributed by atoms with Gasteiger partial charge in [0.2, 0.25) is 0 Å². The summed E-state index contributed by atoms with van der Waals surface area (Å²) in [6, 6.07) is 6.59. The third kappa shape index (κ3) is 5.39. The van der Waals surface area contributed by atoms with E-state index in [0.717, 1.165) is 18.9 Å². The molecule has 0 aliphatic heterocycles. The van der Waals surface area contributed by atoms with E-state index in [0.29, 0.717) is 0 Å². The number of aryl methyl sites for hydroxylation is 2. The summed E-state index contributed by atoms with van der Waals surface area (Å²) in [5, 5.41) is 6.25. The van der Waals surface area contributed by atoms with Gasteiger partial charge in [0.05, 0.1) is 0 Å². The molecule has 4 heteroatoms. The van der Waals surface area contributed by atoms with E-state index in [1.54, 1.807) is 7.05 Å². The SMILES string of the molecule is CN=C(NC)NCCc1ccc(C)cc1C.I. The molecule has 0 aliphatic carbocycles. The molecular weight excluding hydrogens is 325 g/mol. The molecule has 0 heterocycles. The maximum atomic E-state index is 4.07. The summed E-state index contributed by atoms with van der Waals surface area (Å²) in [6.07, 6.45) is 1.02. The van der Waals surface area contributed by atoms with Crippen LogP contribution in [-0.2, 0) is 6.42 Å². The first kappa shape index (κ1) is 16.2. The van der Waals surface area contributed by atoms with Crippen molar-refractivity contribution in [2.24, 2.45) is 4.99 Å². The molecular formula is C13H22IN3. The van der Waals surface area contributed by atoms with Crippen LogP contribution in [0.25, 0.3) is 0 Å². The van der Waals surface area contributed by atoms with Gasteiger partial charge in [0.25, 0.3) is 0 Å². The van der Waals surface area contributed by atoms with E-state index < -0.39 is 0 Å². The van der Waals surface area contributed by atoms with Gasteiger partial charge in [-0.15, -0.1) is 24.0 Å². The molecule has 0 radical (unpaired) electrons. The van der Waals surface area contributed by atoms with Crippen molar-refractivity contribution in [3.8, 4) is 0 Å². The number of hydrogen-bond acceptors (Lipinski definition) is 1. The molecule has 0 atom stereocenters. The highest BCUT2D eigenvalue weighted by Gasteiger charge is 1.99. The summed E-state index contributed by atoms with van der Waals surface area (Å²) in [7, 11) is 3.64. The molecule has 0 amide bonds. The fourth-order valence-corrected chi connectivity index (χ4v) is 1.72. The summed E-state index contributed by atoms with van der Waals surface area (Å²) >= 11 is 0. The molecule has 0 unspecified atom stereocenters. The quantitative estimate of drug-likeness (QED) is 0.500. The maximum Gasteiger partial charge on any atom is 0.190 e. The number of guanidine groups is 1. The van der Waals surface area contributed by atoms with Crippen molar-refractivity contribution in [2.45, 2.75) is 20.3 Å². The summed E-state index contributed by atoms with van der Waals surface area (Å²) < 4.78 is 0. The first-order valence-electron chi connectivity index (χ1n) is 5.62. The zero-order valence-corrected chi connectivity index (χ0v) is 13.3. The predicted octanol–water partition coefficient (Wildman–Crippen LogP) is 2.26. The number of halogens is 1. The number of benzene rings is 1. The number of nitrogens with one attached hydrogen (secondary N) is 2. The fourth-order valence-electron chi connectivity index (χ4n) is 1.72. The number of nitrogens with zero attached hydrogens (tertiary/aromatic N) is 1. The van der Waals surface area contributed by atoms with Crippen LogP contribution in [0.4, 0.5) is 0 Å². The summed E-state index contributed by atoms with van der Waals surface area (Å²) in [5.41, 5.74) is 4.08. The minimum atomic E-state index is 0. The fraction of sp³-hybridized carbons (Fsp3) is 0.462. The molecule has 0 saturated heterocycles. The van der Waals surface area contributed by atoms with Crippen molar-refractivity contribution < 1.29 is 0 Å². The topological polar surface area (TPSA) is 36.4 Å². The van der Waals surface area contributed by atoms with Gasteiger partial charge in [-0.3, -0.25) is 4.99 Å².